The number of dihydropyridines is 1. The molecule has 1 heterocycles. The Hall–Kier alpha value is -1.34. The smallest absolute Gasteiger partial charge is 0.171 e. The molecule has 0 spiro atoms. The number of hydrogen-bond acceptors (Lipinski definition) is 4. The third-order valence-electron chi connectivity index (χ3n) is 2.50. The molecule has 1 saturated carbocycles. The lowest BCUT2D eigenvalue weighted by Gasteiger charge is -2.30. The molecule has 2 atom stereocenters. The Kier molecular flexibility index (Phi) is 3.21. The third-order valence-corrected chi connectivity index (χ3v) is 2.50. The van der Waals surface area contributed by atoms with Crippen LogP contribution in [0.5, 0.6) is 0 Å². The van der Waals surface area contributed by atoms with Crippen LogP contribution in [0.25, 0.3) is 0 Å². The normalized spacial score (nSPS) is 28.5. The molecule has 0 N–H and O–H groups in total. The highest BCUT2D eigenvalue weighted by molar-refractivity contribution is 5.73. The highest BCUT2D eigenvalue weighted by atomic mass is 16.5. The van der Waals surface area contributed by atoms with Gasteiger partial charge >= 0.3 is 0 Å². The summed E-state index contributed by atoms with van der Waals surface area (Å²) in [4.78, 5) is 4.22. The maximum absolute atomic E-state index is 9.24. The van der Waals surface area contributed by atoms with Crippen molar-refractivity contribution < 1.29 is 9.47 Å². The number of rotatable bonds is 3. The summed E-state index contributed by atoms with van der Waals surface area (Å²) in [5.74, 6) is 0.263. The van der Waals surface area contributed by atoms with Gasteiger partial charge < -0.3 is 9.47 Å². The number of ether oxygens (including phenoxy) is 2. The fraction of sp³-hybridized carbons (Fsp3) is 0.692. The molecule has 1 aliphatic carbocycles. The van der Waals surface area contributed by atoms with Gasteiger partial charge in [0.1, 0.15) is 11.7 Å². The van der Waals surface area contributed by atoms with Gasteiger partial charge in [0.05, 0.1) is 17.8 Å². The number of nitrogens with zero attached hydrogens (tertiary/aromatic N) is 2. The lowest BCUT2D eigenvalue weighted by Crippen LogP contribution is -2.34. The number of allylic oxidation sites excluding steroid dienone is 1. The highest BCUT2D eigenvalue weighted by Gasteiger charge is 2.35. The van der Waals surface area contributed by atoms with Crippen LogP contribution >= 0.6 is 0 Å². The molecule has 0 saturated heterocycles. The van der Waals surface area contributed by atoms with Gasteiger partial charge in [-0.3, -0.25) is 4.99 Å². The summed E-state index contributed by atoms with van der Waals surface area (Å²) in [6.45, 7) is 5.87. The minimum absolute atomic E-state index is 0.291. The zero-order valence-electron chi connectivity index (χ0n) is 10.5. The predicted octanol–water partition coefficient (Wildman–Crippen LogP) is 2.41. The molecule has 0 radical (unpaired) electrons. The van der Waals surface area contributed by atoms with Crippen molar-refractivity contribution in [3.05, 3.63) is 11.8 Å². The van der Waals surface area contributed by atoms with Crippen LogP contribution in [0.4, 0.5) is 0 Å². The average Bonchev–Trinajstić information content (AvgIpc) is 2.99. The highest BCUT2D eigenvalue weighted by Crippen LogP contribution is 2.32. The summed E-state index contributed by atoms with van der Waals surface area (Å²) >= 11 is 0. The molecule has 92 valence electrons. The molecule has 2 unspecified atom stereocenters. The fourth-order valence-corrected chi connectivity index (χ4v) is 1.61. The first-order chi connectivity index (χ1) is 7.99. The Morgan fingerprint density at radius 3 is 2.65 bits per heavy atom. The Morgan fingerprint density at radius 1 is 1.41 bits per heavy atom. The Bertz CT molecular complexity index is 383. The topological polar surface area (TPSA) is 54.6 Å². The number of aliphatic imine (C=N–C) groups is 1. The van der Waals surface area contributed by atoms with Crippen LogP contribution < -0.4 is 0 Å². The molecule has 2 aliphatic rings. The van der Waals surface area contributed by atoms with E-state index in [0.717, 1.165) is 12.8 Å². The molecule has 0 amide bonds. The molecule has 1 fully saturated rings. The van der Waals surface area contributed by atoms with E-state index >= 15 is 0 Å². The minimum Gasteiger partial charge on any atom is -0.493 e. The number of nitriles is 1. The molecule has 0 bridgehead atoms. The summed E-state index contributed by atoms with van der Waals surface area (Å²) in [5.41, 5.74) is -0.320. The van der Waals surface area contributed by atoms with Crippen LogP contribution in [0.15, 0.2) is 16.8 Å². The largest absolute Gasteiger partial charge is 0.493 e. The van der Waals surface area contributed by atoms with E-state index in [-0.39, 0.29) is 5.60 Å². The van der Waals surface area contributed by atoms with Crippen LogP contribution in [0.1, 0.15) is 33.6 Å². The quantitative estimate of drug-likeness (QED) is 0.753. The fourth-order valence-electron chi connectivity index (χ4n) is 1.61. The summed E-state index contributed by atoms with van der Waals surface area (Å²) in [6.07, 6.45) is 5.43. The van der Waals surface area contributed by atoms with E-state index in [1.165, 1.54) is 0 Å². The van der Waals surface area contributed by atoms with Crippen molar-refractivity contribution in [2.45, 2.75) is 51.5 Å². The van der Waals surface area contributed by atoms with Gasteiger partial charge in [-0.15, -0.1) is 0 Å². The monoisotopic (exact) mass is 234 g/mol. The van der Waals surface area contributed by atoms with Crippen molar-refractivity contribution in [3.63, 3.8) is 0 Å². The summed E-state index contributed by atoms with van der Waals surface area (Å²) in [6, 6.07) is 2.23. The lowest BCUT2D eigenvalue weighted by molar-refractivity contribution is -0.0739. The van der Waals surface area contributed by atoms with Crippen LogP contribution in [0.3, 0.4) is 0 Å². The van der Waals surface area contributed by atoms with Crippen molar-refractivity contribution in [1.29, 1.82) is 5.26 Å². The summed E-state index contributed by atoms with van der Waals surface area (Å²) in [5, 5.41) is 9.24. The Balaban J connectivity index is 2.06. The predicted molar refractivity (Wildman–Crippen MR) is 64.4 cm³/mol. The molecule has 17 heavy (non-hydrogen) atoms. The van der Waals surface area contributed by atoms with Gasteiger partial charge in [-0.25, -0.2) is 0 Å². The van der Waals surface area contributed by atoms with Crippen molar-refractivity contribution >= 4 is 6.21 Å². The van der Waals surface area contributed by atoms with E-state index in [0.29, 0.717) is 11.9 Å². The van der Waals surface area contributed by atoms with Gasteiger partial charge in [0.15, 0.2) is 6.23 Å². The second kappa shape index (κ2) is 4.50. The molecular formula is C13H18N2O2. The van der Waals surface area contributed by atoms with Crippen molar-refractivity contribution in [2.75, 3.05) is 0 Å². The van der Waals surface area contributed by atoms with Crippen LogP contribution in [-0.2, 0) is 9.47 Å². The average molecular weight is 234 g/mol. The molecule has 0 aromatic heterocycles. The first-order valence-corrected chi connectivity index (χ1v) is 5.97. The van der Waals surface area contributed by atoms with Gasteiger partial charge in [0.25, 0.3) is 0 Å². The molecule has 0 aromatic carbocycles. The van der Waals surface area contributed by atoms with E-state index in [1.54, 1.807) is 12.3 Å². The molecule has 4 heteroatoms. The van der Waals surface area contributed by atoms with Crippen LogP contribution in [0.2, 0.25) is 0 Å². The SMILES string of the molecule is CC(C)(C)OC1N=CC=C(OC2CC2)C1C#N. The summed E-state index contributed by atoms with van der Waals surface area (Å²) in [7, 11) is 0. The van der Waals surface area contributed by atoms with Gasteiger partial charge in [-0.1, -0.05) is 0 Å². The molecular weight excluding hydrogens is 216 g/mol. The zero-order chi connectivity index (χ0) is 12.5. The molecule has 2 rings (SSSR count). The van der Waals surface area contributed by atoms with Gasteiger partial charge in [-0.2, -0.15) is 5.26 Å². The number of hydrogen-bond donors (Lipinski definition) is 0. The minimum atomic E-state index is -0.459. The second-order valence-electron chi connectivity index (χ2n) is 5.41. The second-order valence-corrected chi connectivity index (χ2v) is 5.41. The van der Waals surface area contributed by atoms with Crippen LogP contribution in [0, 0.1) is 17.2 Å². The van der Waals surface area contributed by atoms with Gasteiger partial charge in [0.2, 0.25) is 0 Å². The van der Waals surface area contributed by atoms with E-state index in [2.05, 4.69) is 11.1 Å². The van der Waals surface area contributed by atoms with Crippen LogP contribution in [-0.4, -0.2) is 24.1 Å². The molecule has 0 aromatic rings. The standard InChI is InChI=1S/C13H18N2O2/c1-13(2,3)17-12-10(8-14)11(6-7-15-12)16-9-4-5-9/h6-7,9-10,12H,4-5H2,1-3H3. The van der Waals surface area contributed by atoms with Gasteiger partial charge in [-0.05, 0) is 39.7 Å². The lowest BCUT2D eigenvalue weighted by atomic mass is 10.0. The Labute approximate surface area is 102 Å². The molecule has 1 aliphatic heterocycles. The zero-order valence-corrected chi connectivity index (χ0v) is 10.5. The first-order valence-electron chi connectivity index (χ1n) is 5.97. The first kappa shape index (κ1) is 12.1. The van der Waals surface area contributed by atoms with E-state index in [4.69, 9.17) is 9.47 Å². The van der Waals surface area contributed by atoms with Crippen molar-refractivity contribution in [3.8, 4) is 6.07 Å². The van der Waals surface area contributed by atoms with Gasteiger partial charge in [0, 0.05) is 6.21 Å². The third kappa shape index (κ3) is 3.31. The van der Waals surface area contributed by atoms with Crippen molar-refractivity contribution in [1.82, 2.24) is 0 Å². The van der Waals surface area contributed by atoms with E-state index in [1.807, 2.05) is 20.8 Å². The maximum Gasteiger partial charge on any atom is 0.171 e. The van der Waals surface area contributed by atoms with E-state index < -0.39 is 12.1 Å². The Morgan fingerprint density at radius 2 is 2.12 bits per heavy atom. The molecule has 4 nitrogen and oxygen atoms in total. The van der Waals surface area contributed by atoms with E-state index in [9.17, 15) is 5.26 Å². The van der Waals surface area contributed by atoms with Crippen molar-refractivity contribution in [2.24, 2.45) is 10.9 Å². The maximum atomic E-state index is 9.24. The summed E-state index contributed by atoms with van der Waals surface area (Å²) < 4.78 is 11.5.